The van der Waals surface area contributed by atoms with E-state index in [2.05, 4.69) is 0 Å². The number of hydrogen-bond acceptors (Lipinski definition) is 3. The first-order valence-electron chi connectivity index (χ1n) is 3.61. The van der Waals surface area contributed by atoms with Gasteiger partial charge in [-0.25, -0.2) is 0 Å². The third-order valence-corrected chi connectivity index (χ3v) is 2.21. The van der Waals surface area contributed by atoms with Crippen molar-refractivity contribution in [2.24, 2.45) is 0 Å². The Balaban J connectivity index is 2.47. The molecule has 0 radical (unpaired) electrons. The van der Waals surface area contributed by atoms with Crippen molar-refractivity contribution in [1.29, 1.82) is 0 Å². The van der Waals surface area contributed by atoms with Crippen LogP contribution in [0, 0.1) is 0 Å². The molecule has 0 saturated heterocycles. The van der Waals surface area contributed by atoms with Crippen LogP contribution in [-0.4, -0.2) is 17.9 Å². The average Bonchev–Trinajstić information content (AvgIpc) is 2.06. The van der Waals surface area contributed by atoms with Crippen LogP contribution in [0.4, 0.5) is 0 Å². The molecule has 0 aliphatic rings. The number of aliphatic hydroxyl groups excluding tert-OH is 1. The molecule has 0 heterocycles. The van der Waals surface area contributed by atoms with Gasteiger partial charge in [-0.15, -0.1) is 0 Å². The van der Waals surface area contributed by atoms with Gasteiger partial charge in [-0.1, -0.05) is 18.2 Å². The second-order valence-corrected chi connectivity index (χ2v) is 3.48. The van der Waals surface area contributed by atoms with Gasteiger partial charge in [0.2, 0.25) is 6.16 Å². The van der Waals surface area contributed by atoms with Crippen molar-refractivity contribution in [3.8, 4) is 5.75 Å². The number of hydrogen-bond donors (Lipinski definition) is 1. The monoisotopic (exact) mass is 185 g/mol. The summed E-state index contributed by atoms with van der Waals surface area (Å²) >= 11 is 0. The fourth-order valence-corrected chi connectivity index (χ4v) is 1.34. The maximum Gasteiger partial charge on any atom is 0.558 e. The van der Waals surface area contributed by atoms with Gasteiger partial charge in [0.15, 0.2) is 5.75 Å². The minimum absolute atomic E-state index is 0.109. The van der Waals surface area contributed by atoms with E-state index in [9.17, 15) is 4.57 Å². The summed E-state index contributed by atoms with van der Waals surface area (Å²) in [6.07, 6.45) is 0.185. The molecule has 0 aliphatic carbocycles. The quantitative estimate of drug-likeness (QED) is 0.727. The minimum atomic E-state index is -1.76. The lowest BCUT2D eigenvalue weighted by Gasteiger charge is -1.90. The van der Waals surface area contributed by atoms with E-state index in [1.165, 1.54) is 0 Å². The highest BCUT2D eigenvalue weighted by Gasteiger charge is 2.16. The van der Waals surface area contributed by atoms with Crippen molar-refractivity contribution in [1.82, 2.24) is 0 Å². The Bertz CT molecular complexity index is 248. The lowest BCUT2D eigenvalue weighted by molar-refractivity contribution is 0.317. The maximum atomic E-state index is 11.0. The summed E-state index contributed by atoms with van der Waals surface area (Å²) in [5, 5.41) is 8.45. The molecule has 1 aromatic carbocycles. The molecule has 0 fully saturated rings. The summed E-state index contributed by atoms with van der Waals surface area (Å²) in [7, 11) is -1.76. The van der Waals surface area contributed by atoms with Crippen LogP contribution in [0.3, 0.4) is 0 Å². The Morgan fingerprint density at radius 3 is 2.58 bits per heavy atom. The average molecular weight is 185 g/mol. The molecule has 12 heavy (non-hydrogen) atoms. The van der Waals surface area contributed by atoms with Crippen molar-refractivity contribution < 1.29 is 14.2 Å². The zero-order valence-electron chi connectivity index (χ0n) is 6.51. The Morgan fingerprint density at radius 1 is 1.33 bits per heavy atom. The number of aliphatic hydroxyl groups is 1. The molecule has 1 aromatic rings. The second kappa shape index (κ2) is 4.86. The molecule has 1 unspecified atom stereocenters. The second-order valence-electron chi connectivity index (χ2n) is 2.18. The summed E-state index contributed by atoms with van der Waals surface area (Å²) < 4.78 is 16.0. The Hall–Kier alpha value is -0.920. The van der Waals surface area contributed by atoms with E-state index >= 15 is 0 Å². The van der Waals surface area contributed by atoms with Gasteiger partial charge in [-0.05, 0) is 16.7 Å². The number of rotatable bonds is 4. The van der Waals surface area contributed by atoms with Crippen LogP contribution < -0.4 is 4.52 Å². The summed E-state index contributed by atoms with van der Waals surface area (Å²) in [6, 6.07) is 8.91. The summed E-state index contributed by atoms with van der Waals surface area (Å²) in [4.78, 5) is 0. The van der Waals surface area contributed by atoms with E-state index in [1.807, 2.05) is 6.07 Å². The standard InChI is InChI=1S/C8H10O3P/c9-6-7-12(10)11-8-4-2-1-3-5-8/h1-5,9H,6-7H2/q+1. The summed E-state index contributed by atoms with van der Waals surface area (Å²) in [5.41, 5.74) is 0. The van der Waals surface area contributed by atoms with E-state index < -0.39 is 8.03 Å². The lowest BCUT2D eigenvalue weighted by atomic mass is 10.3. The molecule has 0 saturated carbocycles. The first-order chi connectivity index (χ1) is 5.83. The zero-order valence-corrected chi connectivity index (χ0v) is 7.41. The molecule has 3 nitrogen and oxygen atoms in total. The highest BCUT2D eigenvalue weighted by Crippen LogP contribution is 2.25. The van der Waals surface area contributed by atoms with E-state index in [4.69, 9.17) is 9.63 Å². The van der Waals surface area contributed by atoms with Gasteiger partial charge in [-0.3, -0.25) is 4.52 Å². The Morgan fingerprint density at radius 2 is 2.00 bits per heavy atom. The normalized spacial score (nSPS) is 10.9. The fraction of sp³-hybridized carbons (Fsp3) is 0.250. The van der Waals surface area contributed by atoms with Crippen LogP contribution in [0.5, 0.6) is 5.75 Å². The third kappa shape index (κ3) is 2.99. The number of para-hydroxylation sites is 1. The lowest BCUT2D eigenvalue weighted by Crippen LogP contribution is -1.90. The van der Waals surface area contributed by atoms with Crippen molar-refractivity contribution in [2.45, 2.75) is 0 Å². The molecule has 0 aromatic heterocycles. The van der Waals surface area contributed by atoms with Crippen LogP contribution in [0.25, 0.3) is 0 Å². The largest absolute Gasteiger partial charge is 0.558 e. The molecule has 0 bridgehead atoms. The summed E-state index contributed by atoms with van der Waals surface area (Å²) in [5.74, 6) is 0.576. The van der Waals surface area contributed by atoms with Crippen molar-refractivity contribution >= 4 is 8.03 Å². The molecule has 4 heteroatoms. The minimum Gasteiger partial charge on any atom is -0.392 e. The van der Waals surface area contributed by atoms with Crippen molar-refractivity contribution in [3.63, 3.8) is 0 Å². The Kier molecular flexibility index (Phi) is 3.71. The van der Waals surface area contributed by atoms with Gasteiger partial charge < -0.3 is 5.11 Å². The molecule has 1 N–H and O–H groups in total. The van der Waals surface area contributed by atoms with Gasteiger partial charge in [0, 0.05) is 0 Å². The smallest absolute Gasteiger partial charge is 0.392 e. The first-order valence-corrected chi connectivity index (χ1v) is 4.98. The highest BCUT2D eigenvalue weighted by atomic mass is 31.1. The maximum absolute atomic E-state index is 11.0. The van der Waals surface area contributed by atoms with Crippen LogP contribution in [0.2, 0.25) is 0 Å². The number of benzene rings is 1. The summed E-state index contributed by atoms with van der Waals surface area (Å²) in [6.45, 7) is -0.109. The van der Waals surface area contributed by atoms with E-state index in [0.717, 1.165) is 0 Å². The Labute approximate surface area is 71.9 Å². The van der Waals surface area contributed by atoms with Gasteiger partial charge in [0.1, 0.15) is 0 Å². The van der Waals surface area contributed by atoms with Gasteiger partial charge in [0.25, 0.3) is 0 Å². The van der Waals surface area contributed by atoms with Crippen LogP contribution in [-0.2, 0) is 4.57 Å². The van der Waals surface area contributed by atoms with E-state index in [-0.39, 0.29) is 12.8 Å². The molecule has 64 valence electrons. The highest BCUT2D eigenvalue weighted by molar-refractivity contribution is 7.39. The molecule has 0 spiro atoms. The first kappa shape index (κ1) is 9.17. The third-order valence-electron chi connectivity index (χ3n) is 1.23. The van der Waals surface area contributed by atoms with Crippen molar-refractivity contribution in [3.05, 3.63) is 30.3 Å². The van der Waals surface area contributed by atoms with Crippen LogP contribution in [0.1, 0.15) is 0 Å². The van der Waals surface area contributed by atoms with Gasteiger partial charge in [-0.2, -0.15) is 0 Å². The predicted octanol–water partition coefficient (Wildman–Crippen LogP) is 1.80. The molecule has 0 aliphatic heterocycles. The topological polar surface area (TPSA) is 46.5 Å². The fourth-order valence-electron chi connectivity index (χ4n) is 0.726. The van der Waals surface area contributed by atoms with E-state index in [1.54, 1.807) is 24.3 Å². The van der Waals surface area contributed by atoms with Gasteiger partial charge >= 0.3 is 8.03 Å². The SMILES string of the molecule is O=[P+](CCO)Oc1ccccc1. The molecular weight excluding hydrogens is 175 g/mol. The van der Waals surface area contributed by atoms with Crippen molar-refractivity contribution in [2.75, 3.05) is 12.8 Å². The molecule has 1 rings (SSSR count). The van der Waals surface area contributed by atoms with Gasteiger partial charge in [0.05, 0.1) is 6.61 Å². The molecule has 0 amide bonds. The van der Waals surface area contributed by atoms with E-state index in [0.29, 0.717) is 5.75 Å². The predicted molar refractivity (Wildman–Crippen MR) is 46.6 cm³/mol. The zero-order chi connectivity index (χ0) is 8.81. The van der Waals surface area contributed by atoms with Crippen LogP contribution >= 0.6 is 8.03 Å². The molecular formula is C8H10O3P+. The molecule has 1 atom stereocenters. The van der Waals surface area contributed by atoms with Crippen LogP contribution in [0.15, 0.2) is 30.3 Å².